The van der Waals surface area contributed by atoms with Crippen molar-refractivity contribution in [3.8, 4) is 0 Å². The lowest BCUT2D eigenvalue weighted by atomic mass is 10.1. The Balaban J connectivity index is 1.97. The molecule has 24 heavy (non-hydrogen) atoms. The van der Waals surface area contributed by atoms with Crippen LogP contribution >= 0.6 is 0 Å². The molecule has 1 atom stereocenters. The van der Waals surface area contributed by atoms with Gasteiger partial charge in [-0.3, -0.25) is 9.59 Å². The monoisotopic (exact) mass is 331 g/mol. The third-order valence-corrected chi connectivity index (χ3v) is 3.89. The largest absolute Gasteiger partial charge is 0.394 e. The van der Waals surface area contributed by atoms with E-state index in [-0.39, 0.29) is 12.6 Å². The van der Waals surface area contributed by atoms with Gasteiger partial charge in [0.25, 0.3) is 10.9 Å². The molecule has 130 valence electrons. The van der Waals surface area contributed by atoms with E-state index in [1.807, 2.05) is 44.4 Å². The predicted octanol–water partition coefficient (Wildman–Crippen LogP) is 0.662. The summed E-state index contributed by atoms with van der Waals surface area (Å²) < 4.78 is 0. The fourth-order valence-corrected chi connectivity index (χ4v) is 2.57. The van der Waals surface area contributed by atoms with Gasteiger partial charge in [0.1, 0.15) is 11.4 Å². The molecule has 2 aromatic rings. The van der Waals surface area contributed by atoms with E-state index in [1.54, 1.807) is 0 Å². The lowest BCUT2D eigenvalue weighted by Crippen LogP contribution is -2.41. The van der Waals surface area contributed by atoms with Gasteiger partial charge < -0.3 is 20.6 Å². The molecule has 0 saturated heterocycles. The van der Waals surface area contributed by atoms with Crippen molar-refractivity contribution < 1.29 is 5.11 Å². The second-order valence-electron chi connectivity index (χ2n) is 6.21. The third-order valence-electron chi connectivity index (χ3n) is 3.89. The standard InChI is InChI=1S/C18H25N3O3/c1-21(2)10-6-9-19-15-16(18(24)17(15)23)20-14(12-22)11-13-7-4-3-5-8-13/h3-5,7-8,14,19-20,22H,6,9-12H2,1-2H3/t14-/m0/s1. The highest BCUT2D eigenvalue weighted by Crippen LogP contribution is 2.17. The van der Waals surface area contributed by atoms with Gasteiger partial charge >= 0.3 is 0 Å². The van der Waals surface area contributed by atoms with Crippen molar-refractivity contribution in [2.45, 2.75) is 18.9 Å². The Morgan fingerprint density at radius 1 is 1.08 bits per heavy atom. The van der Waals surface area contributed by atoms with Crippen LogP contribution in [0, 0.1) is 0 Å². The summed E-state index contributed by atoms with van der Waals surface area (Å²) in [5, 5.41) is 15.6. The highest BCUT2D eigenvalue weighted by atomic mass is 16.3. The molecule has 2 aromatic carbocycles. The fraction of sp³-hybridized carbons (Fsp3) is 0.444. The molecule has 0 aromatic heterocycles. The Morgan fingerprint density at radius 3 is 2.38 bits per heavy atom. The van der Waals surface area contributed by atoms with E-state index < -0.39 is 10.9 Å². The lowest BCUT2D eigenvalue weighted by molar-refractivity contribution is 0.273. The maximum Gasteiger partial charge on any atom is 0.253 e. The van der Waals surface area contributed by atoms with Gasteiger partial charge in [0.15, 0.2) is 0 Å². The second-order valence-corrected chi connectivity index (χ2v) is 6.21. The van der Waals surface area contributed by atoms with Crippen molar-refractivity contribution in [2.75, 3.05) is 44.4 Å². The molecular weight excluding hydrogens is 306 g/mol. The molecule has 6 heteroatoms. The van der Waals surface area contributed by atoms with Crippen molar-refractivity contribution in [2.24, 2.45) is 0 Å². The van der Waals surface area contributed by atoms with E-state index in [4.69, 9.17) is 0 Å². The minimum atomic E-state index is -0.517. The summed E-state index contributed by atoms with van der Waals surface area (Å²) in [4.78, 5) is 25.6. The number of aliphatic hydroxyl groups is 1. The lowest BCUT2D eigenvalue weighted by Gasteiger charge is -2.21. The van der Waals surface area contributed by atoms with E-state index in [9.17, 15) is 14.7 Å². The zero-order valence-electron chi connectivity index (χ0n) is 14.2. The molecule has 6 nitrogen and oxygen atoms in total. The molecular formula is C18H25N3O3. The van der Waals surface area contributed by atoms with Crippen LogP contribution in [-0.4, -0.2) is 49.8 Å². The Labute approximate surface area is 141 Å². The highest BCUT2D eigenvalue weighted by molar-refractivity contribution is 5.74. The summed E-state index contributed by atoms with van der Waals surface area (Å²) in [6.45, 7) is 1.41. The summed E-state index contributed by atoms with van der Waals surface area (Å²) >= 11 is 0. The first-order valence-electron chi connectivity index (χ1n) is 8.16. The van der Waals surface area contributed by atoms with Gasteiger partial charge in [-0.05, 0) is 39.0 Å². The summed E-state index contributed by atoms with van der Waals surface area (Å²) in [6.07, 6.45) is 1.45. The van der Waals surface area contributed by atoms with Crippen LogP contribution in [0.15, 0.2) is 39.9 Å². The minimum Gasteiger partial charge on any atom is -0.394 e. The van der Waals surface area contributed by atoms with Crippen molar-refractivity contribution in [3.05, 3.63) is 56.3 Å². The van der Waals surface area contributed by atoms with Crippen molar-refractivity contribution >= 4 is 11.4 Å². The minimum absolute atomic E-state index is 0.117. The van der Waals surface area contributed by atoms with Crippen molar-refractivity contribution in [1.29, 1.82) is 0 Å². The van der Waals surface area contributed by atoms with Crippen LogP contribution in [0.25, 0.3) is 0 Å². The number of aliphatic hydroxyl groups excluding tert-OH is 1. The number of hydrogen-bond donors (Lipinski definition) is 3. The highest BCUT2D eigenvalue weighted by Gasteiger charge is 2.23. The summed E-state index contributed by atoms with van der Waals surface area (Å²) in [5.41, 5.74) is 0.684. The Kier molecular flexibility index (Phi) is 6.52. The van der Waals surface area contributed by atoms with Gasteiger partial charge in [-0.2, -0.15) is 0 Å². The van der Waals surface area contributed by atoms with E-state index in [1.165, 1.54) is 0 Å². The number of hydrogen-bond acceptors (Lipinski definition) is 6. The molecule has 0 spiro atoms. The van der Waals surface area contributed by atoms with Crippen LogP contribution in [0.4, 0.5) is 11.4 Å². The van der Waals surface area contributed by atoms with Gasteiger partial charge in [0.2, 0.25) is 0 Å². The van der Waals surface area contributed by atoms with Gasteiger partial charge in [-0.25, -0.2) is 0 Å². The molecule has 0 fully saturated rings. The molecule has 0 saturated carbocycles. The molecule has 0 heterocycles. The number of nitrogens with zero attached hydrogens (tertiary/aromatic N) is 1. The molecule has 0 amide bonds. The van der Waals surface area contributed by atoms with Crippen LogP contribution in [0.1, 0.15) is 12.0 Å². The smallest absolute Gasteiger partial charge is 0.253 e. The zero-order valence-corrected chi connectivity index (χ0v) is 14.2. The van der Waals surface area contributed by atoms with E-state index in [0.717, 1.165) is 18.5 Å². The van der Waals surface area contributed by atoms with Gasteiger partial charge in [0, 0.05) is 6.54 Å². The van der Waals surface area contributed by atoms with Gasteiger partial charge in [0.05, 0.1) is 12.6 Å². The maximum atomic E-state index is 11.8. The topological polar surface area (TPSA) is 81.7 Å². The first-order valence-corrected chi connectivity index (χ1v) is 8.16. The first-order chi connectivity index (χ1) is 11.5. The van der Waals surface area contributed by atoms with Crippen LogP contribution in [0.3, 0.4) is 0 Å². The average Bonchev–Trinajstić information content (AvgIpc) is 2.59. The van der Waals surface area contributed by atoms with Gasteiger partial charge in [-0.15, -0.1) is 0 Å². The van der Waals surface area contributed by atoms with Crippen LogP contribution in [0.2, 0.25) is 0 Å². The summed E-state index contributed by atoms with van der Waals surface area (Å²) in [5.74, 6) is 0. The van der Waals surface area contributed by atoms with Crippen LogP contribution in [0.5, 0.6) is 0 Å². The summed E-state index contributed by atoms with van der Waals surface area (Å²) in [7, 11) is 3.97. The maximum absolute atomic E-state index is 11.8. The number of nitrogens with one attached hydrogen (secondary N) is 2. The average molecular weight is 331 g/mol. The first kappa shape index (κ1) is 18.2. The molecule has 3 N–H and O–H groups in total. The molecule has 0 aliphatic rings. The van der Waals surface area contributed by atoms with Crippen LogP contribution in [-0.2, 0) is 6.42 Å². The van der Waals surface area contributed by atoms with Crippen LogP contribution < -0.4 is 21.5 Å². The quantitative estimate of drug-likeness (QED) is 0.438. The van der Waals surface area contributed by atoms with E-state index in [2.05, 4.69) is 15.5 Å². The molecule has 0 aliphatic heterocycles. The fourth-order valence-electron chi connectivity index (χ4n) is 2.57. The Morgan fingerprint density at radius 2 is 1.75 bits per heavy atom. The van der Waals surface area contributed by atoms with Gasteiger partial charge in [-0.1, -0.05) is 30.3 Å². The number of anilines is 2. The van der Waals surface area contributed by atoms with E-state index >= 15 is 0 Å². The zero-order chi connectivity index (χ0) is 17.5. The molecule has 2 rings (SSSR count). The van der Waals surface area contributed by atoms with Crippen molar-refractivity contribution in [3.63, 3.8) is 0 Å². The van der Waals surface area contributed by atoms with E-state index in [0.29, 0.717) is 24.3 Å². The van der Waals surface area contributed by atoms with Crippen molar-refractivity contribution in [1.82, 2.24) is 4.90 Å². The Hall–Kier alpha value is -2.18. The third kappa shape index (κ3) is 4.66. The Bertz CT molecular complexity index is 706. The molecule has 0 bridgehead atoms. The second kappa shape index (κ2) is 8.61. The number of rotatable bonds is 10. The number of benzene rings is 1. The molecule has 0 aliphatic carbocycles. The summed E-state index contributed by atoms with van der Waals surface area (Å²) in [6, 6.07) is 9.41. The predicted molar refractivity (Wildman–Crippen MR) is 97.7 cm³/mol. The molecule has 0 unspecified atom stereocenters. The SMILES string of the molecule is CN(C)CCCNc1c(N[C@H](CO)Cc2ccccc2)c(=O)c1=O. The normalized spacial score (nSPS) is 12.5. The molecule has 0 radical (unpaired) electrons.